The van der Waals surface area contributed by atoms with Crippen molar-refractivity contribution < 1.29 is 5.11 Å². The number of nitrogens with zero attached hydrogens (tertiary/aromatic N) is 2. The summed E-state index contributed by atoms with van der Waals surface area (Å²) in [5.41, 5.74) is 3.99. The molecule has 4 heteroatoms. The number of aromatic nitrogens is 1. The maximum atomic E-state index is 10.2. The summed E-state index contributed by atoms with van der Waals surface area (Å²) in [5.74, 6) is 0.341. The third kappa shape index (κ3) is 4.12. The fraction of sp³-hybridized carbons (Fsp3) is 0.286. The third-order valence-corrected chi connectivity index (χ3v) is 4.66. The lowest BCUT2D eigenvalue weighted by atomic mass is 9.99. The number of pyridine rings is 1. The molecule has 0 saturated heterocycles. The Bertz CT molecular complexity index is 879. The zero-order chi connectivity index (χ0) is 17.8. The molecular formula is C21H23ClN2O. The summed E-state index contributed by atoms with van der Waals surface area (Å²) in [6.07, 6.45) is 4.13. The molecule has 3 nitrogen and oxygen atoms in total. The highest BCUT2D eigenvalue weighted by atomic mass is 35.5. The van der Waals surface area contributed by atoms with Crippen molar-refractivity contribution in [1.82, 2.24) is 9.88 Å². The number of hydrogen-bond acceptors (Lipinski definition) is 3. The maximum Gasteiger partial charge on any atom is 0.120 e. The van der Waals surface area contributed by atoms with Crippen LogP contribution in [0.1, 0.15) is 25.3 Å². The molecule has 0 aliphatic rings. The largest absolute Gasteiger partial charge is 0.508 e. The van der Waals surface area contributed by atoms with Crippen LogP contribution in [0, 0.1) is 0 Å². The number of benzene rings is 2. The molecule has 130 valence electrons. The van der Waals surface area contributed by atoms with Crippen molar-refractivity contribution >= 4 is 22.5 Å². The lowest BCUT2D eigenvalue weighted by Gasteiger charge is -2.18. The van der Waals surface area contributed by atoms with Crippen molar-refractivity contribution in [1.29, 1.82) is 0 Å². The fourth-order valence-electron chi connectivity index (χ4n) is 3.05. The quantitative estimate of drug-likeness (QED) is 0.635. The number of halogens is 1. The molecule has 1 heterocycles. The van der Waals surface area contributed by atoms with Gasteiger partial charge < -0.3 is 10.0 Å². The SMILES string of the molecule is CCCCN(C)Cc1cc(-c2ccnc3cc(Cl)ccc23)ccc1O. The van der Waals surface area contributed by atoms with Crippen molar-refractivity contribution in [3.63, 3.8) is 0 Å². The van der Waals surface area contributed by atoms with Gasteiger partial charge in [0.1, 0.15) is 5.75 Å². The van der Waals surface area contributed by atoms with E-state index in [4.69, 9.17) is 11.6 Å². The average Bonchev–Trinajstić information content (AvgIpc) is 2.61. The Kier molecular flexibility index (Phi) is 5.57. The fourth-order valence-corrected chi connectivity index (χ4v) is 3.22. The number of hydrogen-bond donors (Lipinski definition) is 1. The van der Waals surface area contributed by atoms with Crippen LogP contribution in [-0.4, -0.2) is 28.6 Å². The van der Waals surface area contributed by atoms with E-state index in [1.807, 2.05) is 30.3 Å². The van der Waals surface area contributed by atoms with E-state index in [2.05, 4.69) is 29.9 Å². The Balaban J connectivity index is 1.97. The maximum absolute atomic E-state index is 10.2. The molecule has 2 aromatic carbocycles. The Morgan fingerprint density at radius 1 is 1.12 bits per heavy atom. The molecule has 0 radical (unpaired) electrons. The molecule has 0 saturated carbocycles. The van der Waals surface area contributed by atoms with Gasteiger partial charge in [0, 0.05) is 28.7 Å². The first kappa shape index (κ1) is 17.7. The van der Waals surface area contributed by atoms with Crippen LogP contribution in [0.3, 0.4) is 0 Å². The minimum atomic E-state index is 0.341. The molecule has 0 unspecified atom stereocenters. The van der Waals surface area contributed by atoms with Gasteiger partial charge in [-0.3, -0.25) is 4.98 Å². The summed E-state index contributed by atoms with van der Waals surface area (Å²) in [4.78, 5) is 6.65. The molecule has 3 rings (SSSR count). The third-order valence-electron chi connectivity index (χ3n) is 4.43. The van der Waals surface area contributed by atoms with Gasteiger partial charge in [-0.2, -0.15) is 0 Å². The lowest BCUT2D eigenvalue weighted by Crippen LogP contribution is -2.19. The van der Waals surface area contributed by atoms with Crippen LogP contribution in [0.4, 0.5) is 0 Å². The number of unbranched alkanes of at least 4 members (excludes halogenated alkanes) is 1. The van der Waals surface area contributed by atoms with Gasteiger partial charge in [0.05, 0.1) is 5.52 Å². The van der Waals surface area contributed by atoms with E-state index < -0.39 is 0 Å². The van der Waals surface area contributed by atoms with Gasteiger partial charge in [0.15, 0.2) is 0 Å². The van der Waals surface area contributed by atoms with Gasteiger partial charge in [0.2, 0.25) is 0 Å². The monoisotopic (exact) mass is 354 g/mol. The molecule has 25 heavy (non-hydrogen) atoms. The number of aromatic hydroxyl groups is 1. The van der Waals surface area contributed by atoms with Gasteiger partial charge in [-0.1, -0.05) is 37.1 Å². The van der Waals surface area contributed by atoms with E-state index in [0.29, 0.717) is 10.8 Å². The summed E-state index contributed by atoms with van der Waals surface area (Å²) in [7, 11) is 2.09. The van der Waals surface area contributed by atoms with E-state index >= 15 is 0 Å². The second-order valence-corrected chi connectivity index (χ2v) is 6.89. The van der Waals surface area contributed by atoms with Crippen LogP contribution in [0.2, 0.25) is 5.02 Å². The van der Waals surface area contributed by atoms with E-state index in [0.717, 1.165) is 47.1 Å². The predicted octanol–water partition coefficient (Wildman–Crippen LogP) is 5.49. The van der Waals surface area contributed by atoms with Crippen molar-refractivity contribution in [2.75, 3.05) is 13.6 Å². The molecule has 1 aromatic heterocycles. The Morgan fingerprint density at radius 3 is 2.76 bits per heavy atom. The van der Waals surface area contributed by atoms with E-state index in [1.165, 1.54) is 6.42 Å². The van der Waals surface area contributed by atoms with Crippen LogP contribution in [0.5, 0.6) is 5.75 Å². The minimum absolute atomic E-state index is 0.341. The summed E-state index contributed by atoms with van der Waals surface area (Å²) in [6.45, 7) is 3.94. The number of phenolic OH excluding ortho intramolecular Hbond substituents is 1. The molecule has 0 spiro atoms. The van der Waals surface area contributed by atoms with Crippen LogP contribution in [0.15, 0.2) is 48.7 Å². The van der Waals surface area contributed by atoms with E-state index in [1.54, 1.807) is 12.3 Å². The molecule has 0 fully saturated rings. The summed E-state index contributed by atoms with van der Waals surface area (Å²) in [5, 5.41) is 12.0. The van der Waals surface area contributed by atoms with Gasteiger partial charge in [-0.25, -0.2) is 0 Å². The zero-order valence-electron chi connectivity index (χ0n) is 14.7. The molecule has 3 aromatic rings. The van der Waals surface area contributed by atoms with Crippen LogP contribution in [0.25, 0.3) is 22.0 Å². The molecule has 0 amide bonds. The normalized spacial score (nSPS) is 11.4. The Labute approximate surface area is 153 Å². The van der Waals surface area contributed by atoms with Gasteiger partial charge in [-0.15, -0.1) is 0 Å². The van der Waals surface area contributed by atoms with E-state index in [-0.39, 0.29) is 0 Å². The molecule has 0 aliphatic carbocycles. The smallest absolute Gasteiger partial charge is 0.120 e. The van der Waals surface area contributed by atoms with Gasteiger partial charge in [0.25, 0.3) is 0 Å². The molecule has 0 bridgehead atoms. The molecule has 0 aliphatic heterocycles. The van der Waals surface area contributed by atoms with Crippen LogP contribution >= 0.6 is 11.6 Å². The highest BCUT2D eigenvalue weighted by Gasteiger charge is 2.10. The molecule has 1 N–H and O–H groups in total. The van der Waals surface area contributed by atoms with Crippen molar-refractivity contribution in [2.24, 2.45) is 0 Å². The second-order valence-electron chi connectivity index (χ2n) is 6.45. The summed E-state index contributed by atoms with van der Waals surface area (Å²) >= 11 is 6.08. The van der Waals surface area contributed by atoms with Crippen molar-refractivity contribution in [3.05, 3.63) is 59.2 Å². The first-order valence-corrected chi connectivity index (χ1v) is 9.01. The second kappa shape index (κ2) is 7.85. The summed E-state index contributed by atoms with van der Waals surface area (Å²) in [6, 6.07) is 13.6. The number of rotatable bonds is 6. The first-order valence-electron chi connectivity index (χ1n) is 8.63. The zero-order valence-corrected chi connectivity index (χ0v) is 15.4. The highest BCUT2D eigenvalue weighted by Crippen LogP contribution is 2.32. The topological polar surface area (TPSA) is 36.4 Å². The number of phenols is 1. The lowest BCUT2D eigenvalue weighted by molar-refractivity contribution is 0.314. The standard InChI is InChI=1S/C21H23ClN2O/c1-3-4-11-24(2)14-16-12-15(5-8-21(16)25)18-9-10-23-20-13-17(22)6-7-19(18)20/h5-10,12-13,25H,3-4,11,14H2,1-2H3. The first-order chi connectivity index (χ1) is 12.1. The van der Waals surface area contributed by atoms with Gasteiger partial charge >= 0.3 is 0 Å². The Hall–Kier alpha value is -2.10. The Morgan fingerprint density at radius 2 is 1.96 bits per heavy atom. The minimum Gasteiger partial charge on any atom is -0.508 e. The van der Waals surface area contributed by atoms with Gasteiger partial charge in [-0.05, 0) is 61.5 Å². The van der Waals surface area contributed by atoms with E-state index in [9.17, 15) is 5.11 Å². The predicted molar refractivity (Wildman–Crippen MR) is 105 cm³/mol. The average molecular weight is 355 g/mol. The number of fused-ring (bicyclic) bond motifs is 1. The molecule has 0 atom stereocenters. The van der Waals surface area contributed by atoms with Crippen molar-refractivity contribution in [2.45, 2.75) is 26.3 Å². The highest BCUT2D eigenvalue weighted by molar-refractivity contribution is 6.31. The van der Waals surface area contributed by atoms with Crippen molar-refractivity contribution in [3.8, 4) is 16.9 Å². The molecular weight excluding hydrogens is 332 g/mol. The summed E-state index contributed by atoms with van der Waals surface area (Å²) < 4.78 is 0. The van der Waals surface area contributed by atoms with Crippen LogP contribution < -0.4 is 0 Å². The van der Waals surface area contributed by atoms with Crippen LogP contribution in [-0.2, 0) is 6.54 Å².